The average Bonchev–Trinajstić information content (AvgIpc) is 2.97. The molecule has 1 N–H and O–H groups in total. The quantitative estimate of drug-likeness (QED) is 0.840. The van der Waals surface area contributed by atoms with Crippen LogP contribution in [-0.2, 0) is 6.54 Å². The van der Waals surface area contributed by atoms with Crippen molar-refractivity contribution in [3.63, 3.8) is 0 Å². The van der Waals surface area contributed by atoms with Crippen molar-refractivity contribution in [3.8, 4) is 0 Å². The molecule has 1 aromatic heterocycles. The van der Waals surface area contributed by atoms with Gasteiger partial charge in [-0.05, 0) is 32.2 Å². The Balaban J connectivity index is 2.02. The first kappa shape index (κ1) is 12.3. The fraction of sp³-hybridized carbons (Fsp3) is 0.692. The molecule has 0 radical (unpaired) electrons. The highest BCUT2D eigenvalue weighted by molar-refractivity contribution is 5.32. The van der Waals surface area contributed by atoms with Crippen LogP contribution in [0.2, 0.25) is 0 Å². The minimum absolute atomic E-state index is 0.829. The average molecular weight is 234 g/mol. The molecule has 2 atom stereocenters. The van der Waals surface area contributed by atoms with Gasteiger partial charge >= 0.3 is 0 Å². The van der Waals surface area contributed by atoms with Crippen molar-refractivity contribution >= 4 is 5.95 Å². The minimum Gasteiger partial charge on any atom is -0.344 e. The van der Waals surface area contributed by atoms with Gasteiger partial charge in [0.15, 0.2) is 0 Å². The van der Waals surface area contributed by atoms with Gasteiger partial charge in [0.1, 0.15) is 0 Å². The van der Waals surface area contributed by atoms with Gasteiger partial charge < -0.3 is 10.2 Å². The molecule has 0 aliphatic heterocycles. The van der Waals surface area contributed by atoms with E-state index >= 15 is 0 Å². The molecular formula is C13H22N4. The predicted octanol–water partition coefficient (Wildman–Crippen LogP) is 1.60. The van der Waals surface area contributed by atoms with Crippen molar-refractivity contribution in [2.24, 2.45) is 11.8 Å². The van der Waals surface area contributed by atoms with E-state index in [2.05, 4.69) is 34.2 Å². The molecular weight excluding hydrogens is 212 g/mol. The second kappa shape index (κ2) is 5.00. The SMILES string of the molecule is CNCc1cnc(N(C)CC2CC2C)nc1C. The summed E-state index contributed by atoms with van der Waals surface area (Å²) < 4.78 is 0. The number of aromatic nitrogens is 2. The first-order valence-electron chi connectivity index (χ1n) is 6.30. The van der Waals surface area contributed by atoms with Crippen LogP contribution in [0.15, 0.2) is 6.20 Å². The molecule has 1 aliphatic rings. The number of rotatable bonds is 5. The number of nitrogens with one attached hydrogen (secondary N) is 1. The summed E-state index contributed by atoms with van der Waals surface area (Å²) in [6.07, 6.45) is 3.28. The lowest BCUT2D eigenvalue weighted by Crippen LogP contribution is -2.23. The van der Waals surface area contributed by atoms with Crippen molar-refractivity contribution in [2.45, 2.75) is 26.8 Å². The monoisotopic (exact) mass is 234 g/mol. The molecule has 0 saturated heterocycles. The summed E-state index contributed by atoms with van der Waals surface area (Å²) in [5.41, 5.74) is 2.24. The Hall–Kier alpha value is -1.16. The number of hydrogen-bond donors (Lipinski definition) is 1. The summed E-state index contributed by atoms with van der Waals surface area (Å²) >= 11 is 0. The van der Waals surface area contributed by atoms with Crippen LogP contribution in [0.3, 0.4) is 0 Å². The number of nitrogens with zero attached hydrogens (tertiary/aromatic N) is 3. The third-order valence-electron chi connectivity index (χ3n) is 3.56. The molecule has 1 aromatic rings. The molecule has 1 heterocycles. The van der Waals surface area contributed by atoms with Crippen LogP contribution in [0.25, 0.3) is 0 Å². The zero-order valence-electron chi connectivity index (χ0n) is 11.2. The van der Waals surface area contributed by atoms with E-state index in [-0.39, 0.29) is 0 Å². The topological polar surface area (TPSA) is 41.1 Å². The molecule has 0 aromatic carbocycles. The van der Waals surface area contributed by atoms with Crippen molar-refractivity contribution in [1.82, 2.24) is 15.3 Å². The third-order valence-corrected chi connectivity index (χ3v) is 3.56. The molecule has 1 saturated carbocycles. The summed E-state index contributed by atoms with van der Waals surface area (Å²) in [5, 5.41) is 3.13. The molecule has 4 heteroatoms. The summed E-state index contributed by atoms with van der Waals surface area (Å²) in [4.78, 5) is 11.2. The van der Waals surface area contributed by atoms with E-state index in [1.165, 1.54) is 12.0 Å². The zero-order chi connectivity index (χ0) is 12.4. The van der Waals surface area contributed by atoms with E-state index in [4.69, 9.17) is 0 Å². The van der Waals surface area contributed by atoms with Crippen molar-refractivity contribution < 1.29 is 0 Å². The second-order valence-electron chi connectivity index (χ2n) is 5.16. The number of hydrogen-bond acceptors (Lipinski definition) is 4. The van der Waals surface area contributed by atoms with Gasteiger partial charge in [0.2, 0.25) is 5.95 Å². The van der Waals surface area contributed by atoms with Crippen LogP contribution in [-0.4, -0.2) is 30.6 Å². The van der Waals surface area contributed by atoms with E-state index in [1.807, 2.05) is 20.2 Å². The Labute approximate surface area is 103 Å². The fourth-order valence-electron chi connectivity index (χ4n) is 2.11. The largest absolute Gasteiger partial charge is 0.344 e. The summed E-state index contributed by atoms with van der Waals surface area (Å²) in [6, 6.07) is 0. The Kier molecular flexibility index (Phi) is 3.62. The molecule has 0 spiro atoms. The Morgan fingerprint density at radius 1 is 1.53 bits per heavy atom. The van der Waals surface area contributed by atoms with E-state index in [0.29, 0.717) is 0 Å². The predicted molar refractivity (Wildman–Crippen MR) is 70.1 cm³/mol. The maximum atomic E-state index is 4.57. The summed E-state index contributed by atoms with van der Waals surface area (Å²) in [7, 11) is 4.02. The molecule has 94 valence electrons. The second-order valence-corrected chi connectivity index (χ2v) is 5.16. The van der Waals surface area contributed by atoms with Crippen molar-refractivity contribution in [3.05, 3.63) is 17.5 Å². The van der Waals surface area contributed by atoms with Gasteiger partial charge in [-0.1, -0.05) is 6.92 Å². The van der Waals surface area contributed by atoms with Gasteiger partial charge in [0.05, 0.1) is 0 Å². The first-order valence-corrected chi connectivity index (χ1v) is 6.30. The van der Waals surface area contributed by atoms with E-state index in [9.17, 15) is 0 Å². The first-order chi connectivity index (χ1) is 8.11. The van der Waals surface area contributed by atoms with Gasteiger partial charge in [0.25, 0.3) is 0 Å². The van der Waals surface area contributed by atoms with Gasteiger partial charge in [-0.25, -0.2) is 9.97 Å². The molecule has 0 bridgehead atoms. The van der Waals surface area contributed by atoms with E-state index < -0.39 is 0 Å². The lowest BCUT2D eigenvalue weighted by atomic mass is 10.2. The normalized spacial score (nSPS) is 22.6. The standard InChI is InChI=1S/C13H22N4/c1-9-5-11(9)8-17(4)13-15-7-12(6-14-3)10(2)16-13/h7,9,11,14H,5-6,8H2,1-4H3. The van der Waals surface area contributed by atoms with Gasteiger partial charge in [-0.3, -0.25) is 0 Å². The van der Waals surface area contributed by atoms with Gasteiger partial charge in [-0.15, -0.1) is 0 Å². The fourth-order valence-corrected chi connectivity index (χ4v) is 2.11. The lowest BCUT2D eigenvalue weighted by Gasteiger charge is -2.18. The molecule has 17 heavy (non-hydrogen) atoms. The molecule has 2 rings (SSSR count). The molecule has 2 unspecified atom stereocenters. The zero-order valence-corrected chi connectivity index (χ0v) is 11.2. The highest BCUT2D eigenvalue weighted by Gasteiger charge is 2.33. The van der Waals surface area contributed by atoms with Crippen LogP contribution in [0.4, 0.5) is 5.95 Å². The van der Waals surface area contributed by atoms with Gasteiger partial charge in [-0.2, -0.15) is 0 Å². The van der Waals surface area contributed by atoms with Crippen LogP contribution >= 0.6 is 0 Å². The van der Waals surface area contributed by atoms with Crippen LogP contribution < -0.4 is 10.2 Å². The number of anilines is 1. The third kappa shape index (κ3) is 2.94. The highest BCUT2D eigenvalue weighted by Crippen LogP contribution is 2.38. The number of aryl methyl sites for hydroxylation is 1. The highest BCUT2D eigenvalue weighted by atomic mass is 15.2. The van der Waals surface area contributed by atoms with Crippen molar-refractivity contribution in [2.75, 3.05) is 25.5 Å². The molecule has 0 amide bonds. The van der Waals surface area contributed by atoms with Crippen molar-refractivity contribution in [1.29, 1.82) is 0 Å². The van der Waals surface area contributed by atoms with Crippen LogP contribution in [0.1, 0.15) is 24.6 Å². The summed E-state index contributed by atoms with van der Waals surface area (Å²) in [5.74, 6) is 2.56. The Morgan fingerprint density at radius 3 is 2.76 bits per heavy atom. The summed E-state index contributed by atoms with van der Waals surface area (Å²) in [6.45, 7) is 6.26. The van der Waals surface area contributed by atoms with Gasteiger partial charge in [0, 0.05) is 37.6 Å². The smallest absolute Gasteiger partial charge is 0.225 e. The Morgan fingerprint density at radius 2 is 2.24 bits per heavy atom. The maximum absolute atomic E-state index is 4.57. The molecule has 1 fully saturated rings. The molecule has 1 aliphatic carbocycles. The maximum Gasteiger partial charge on any atom is 0.225 e. The Bertz CT molecular complexity index is 391. The van der Waals surface area contributed by atoms with E-state index in [0.717, 1.165) is 36.6 Å². The lowest BCUT2D eigenvalue weighted by molar-refractivity contribution is 0.707. The minimum atomic E-state index is 0.829. The van der Waals surface area contributed by atoms with Crippen LogP contribution in [0, 0.1) is 18.8 Å². The van der Waals surface area contributed by atoms with Crippen LogP contribution in [0.5, 0.6) is 0 Å². The molecule has 4 nitrogen and oxygen atoms in total. The van der Waals surface area contributed by atoms with E-state index in [1.54, 1.807) is 0 Å².